The number of benzene rings is 2. The Labute approximate surface area is 216 Å². The molecule has 9 heteroatoms. The molecule has 1 aliphatic rings. The van der Waals surface area contributed by atoms with Crippen LogP contribution in [0, 0.1) is 17.7 Å². The summed E-state index contributed by atoms with van der Waals surface area (Å²) in [4.78, 5) is 14.5. The summed E-state index contributed by atoms with van der Waals surface area (Å²) in [6, 6.07) is 13.0. The van der Waals surface area contributed by atoms with Crippen LogP contribution in [0.25, 0.3) is 0 Å². The molecule has 194 valence electrons. The molecule has 0 spiro atoms. The van der Waals surface area contributed by atoms with E-state index in [1.807, 2.05) is 20.8 Å². The molecule has 8 nitrogen and oxygen atoms in total. The highest BCUT2D eigenvalue weighted by Crippen LogP contribution is 2.24. The van der Waals surface area contributed by atoms with Gasteiger partial charge in [-0.25, -0.2) is 9.18 Å². The largest absolute Gasteiger partial charge is 0.489 e. The zero-order chi connectivity index (χ0) is 26.3. The Morgan fingerprint density at radius 1 is 1.05 bits per heavy atom. The molecule has 1 saturated heterocycles. The lowest BCUT2D eigenvalue weighted by atomic mass is 9.93. The fourth-order valence-electron chi connectivity index (χ4n) is 3.55. The minimum atomic E-state index is -0.443. The van der Waals surface area contributed by atoms with Gasteiger partial charge in [-0.15, -0.1) is 0 Å². The number of morpholine rings is 1. The van der Waals surface area contributed by atoms with E-state index in [4.69, 9.17) is 14.0 Å². The third kappa shape index (κ3) is 7.81. The average molecular weight is 507 g/mol. The van der Waals surface area contributed by atoms with Crippen molar-refractivity contribution in [2.24, 2.45) is 0 Å². The Kier molecular flexibility index (Phi) is 8.43. The van der Waals surface area contributed by atoms with Crippen molar-refractivity contribution in [3.63, 3.8) is 0 Å². The Balaban J connectivity index is 1.27. The maximum Gasteiger partial charge on any atom is 0.324 e. The van der Waals surface area contributed by atoms with E-state index in [0.717, 1.165) is 38.4 Å². The number of nitrogens with zero attached hydrogens (tertiary/aromatic N) is 2. The maximum atomic E-state index is 14.4. The minimum Gasteiger partial charge on any atom is -0.489 e. The molecule has 2 amide bonds. The van der Waals surface area contributed by atoms with E-state index in [1.165, 1.54) is 6.07 Å². The fraction of sp³-hybridized carbons (Fsp3) is 0.357. The molecule has 1 aliphatic heterocycles. The number of ether oxygens (including phenoxy) is 2. The van der Waals surface area contributed by atoms with Gasteiger partial charge in [-0.05, 0) is 42.5 Å². The van der Waals surface area contributed by atoms with Crippen molar-refractivity contribution >= 4 is 17.5 Å². The molecule has 37 heavy (non-hydrogen) atoms. The van der Waals surface area contributed by atoms with Crippen LogP contribution in [0.5, 0.6) is 5.75 Å². The molecule has 2 heterocycles. The van der Waals surface area contributed by atoms with E-state index in [2.05, 4.69) is 32.5 Å². The van der Waals surface area contributed by atoms with Crippen LogP contribution in [0.4, 0.5) is 20.7 Å². The first kappa shape index (κ1) is 26.2. The van der Waals surface area contributed by atoms with Crippen LogP contribution >= 0.6 is 0 Å². The van der Waals surface area contributed by atoms with Gasteiger partial charge in [0.2, 0.25) is 0 Å². The quantitative estimate of drug-likeness (QED) is 0.464. The van der Waals surface area contributed by atoms with Crippen LogP contribution in [0.1, 0.15) is 37.7 Å². The van der Waals surface area contributed by atoms with Crippen molar-refractivity contribution in [3.05, 3.63) is 71.2 Å². The SMILES string of the molecule is CC(C)(C)c1cc(NC(=O)Nc2ccc(C#Cc3ccc(OCCN4CCOCC4)c(F)c3)cc2)no1. The van der Waals surface area contributed by atoms with E-state index < -0.39 is 11.8 Å². The molecule has 0 saturated carbocycles. The van der Waals surface area contributed by atoms with Gasteiger partial charge in [0.05, 0.1) is 13.2 Å². The topological polar surface area (TPSA) is 88.9 Å². The van der Waals surface area contributed by atoms with Crippen molar-refractivity contribution in [2.45, 2.75) is 26.2 Å². The second kappa shape index (κ2) is 11.9. The molecular weight excluding hydrogens is 475 g/mol. The predicted octanol–water partition coefficient (Wildman–Crippen LogP) is 4.87. The smallest absolute Gasteiger partial charge is 0.324 e. The number of carbonyl (C=O) groups excluding carboxylic acids is 1. The lowest BCUT2D eigenvalue weighted by molar-refractivity contribution is 0.0320. The van der Waals surface area contributed by atoms with Gasteiger partial charge >= 0.3 is 6.03 Å². The molecule has 3 aromatic rings. The number of amides is 2. The number of carbonyl (C=O) groups is 1. The van der Waals surface area contributed by atoms with Gasteiger partial charge in [-0.2, -0.15) is 0 Å². The van der Waals surface area contributed by atoms with Crippen molar-refractivity contribution in [1.82, 2.24) is 10.1 Å². The Hall–Kier alpha value is -3.87. The first-order chi connectivity index (χ1) is 17.8. The molecule has 0 unspecified atom stereocenters. The van der Waals surface area contributed by atoms with Crippen molar-refractivity contribution in [2.75, 3.05) is 50.1 Å². The van der Waals surface area contributed by atoms with Gasteiger partial charge in [0.15, 0.2) is 17.4 Å². The lowest BCUT2D eigenvalue weighted by Gasteiger charge is -2.26. The first-order valence-corrected chi connectivity index (χ1v) is 12.2. The van der Waals surface area contributed by atoms with Gasteiger partial charge in [0.1, 0.15) is 12.4 Å². The minimum absolute atomic E-state index is 0.203. The van der Waals surface area contributed by atoms with Crippen LogP contribution in [0.15, 0.2) is 53.1 Å². The van der Waals surface area contributed by atoms with Crippen LogP contribution in [-0.2, 0) is 10.2 Å². The summed E-state index contributed by atoms with van der Waals surface area (Å²) in [5, 5.41) is 9.26. The summed E-state index contributed by atoms with van der Waals surface area (Å²) < 4.78 is 30.6. The summed E-state index contributed by atoms with van der Waals surface area (Å²) in [6.45, 7) is 10.3. The number of anilines is 2. The number of hydrogen-bond donors (Lipinski definition) is 2. The number of urea groups is 1. The van der Waals surface area contributed by atoms with E-state index in [1.54, 1.807) is 42.5 Å². The van der Waals surface area contributed by atoms with E-state index in [0.29, 0.717) is 29.4 Å². The van der Waals surface area contributed by atoms with E-state index in [-0.39, 0.29) is 11.2 Å². The monoisotopic (exact) mass is 506 g/mol. The summed E-state index contributed by atoms with van der Waals surface area (Å²) in [7, 11) is 0. The van der Waals surface area contributed by atoms with Gasteiger partial charge < -0.3 is 19.3 Å². The maximum absolute atomic E-state index is 14.4. The molecule has 2 aromatic carbocycles. The standard InChI is InChI=1S/C28H31FN4O4/c1-28(2,3)25-19-26(32-37-25)31-27(34)30-22-9-6-20(7-10-22)4-5-21-8-11-24(23(29)18-21)36-17-14-33-12-15-35-16-13-33/h6-11,18-19H,12-17H2,1-3H3,(H2,30,31,32,34). The molecule has 1 aromatic heterocycles. The zero-order valence-corrected chi connectivity index (χ0v) is 21.3. The summed E-state index contributed by atoms with van der Waals surface area (Å²) in [6.07, 6.45) is 0. The Morgan fingerprint density at radius 2 is 1.76 bits per heavy atom. The molecule has 0 bridgehead atoms. The van der Waals surface area contributed by atoms with E-state index in [9.17, 15) is 9.18 Å². The summed E-state index contributed by atoms with van der Waals surface area (Å²) in [5.74, 6) is 6.75. The van der Waals surface area contributed by atoms with Crippen molar-refractivity contribution < 1.29 is 23.2 Å². The lowest BCUT2D eigenvalue weighted by Crippen LogP contribution is -2.38. The molecular formula is C28H31FN4O4. The summed E-state index contributed by atoms with van der Waals surface area (Å²) >= 11 is 0. The second-order valence-corrected chi connectivity index (χ2v) is 9.68. The Bertz CT molecular complexity index is 1270. The molecule has 2 N–H and O–H groups in total. The highest BCUT2D eigenvalue weighted by atomic mass is 19.1. The number of halogens is 1. The van der Waals surface area contributed by atoms with Gasteiger partial charge in [0.25, 0.3) is 0 Å². The molecule has 0 atom stereocenters. The zero-order valence-electron chi connectivity index (χ0n) is 21.3. The highest BCUT2D eigenvalue weighted by molar-refractivity contribution is 5.99. The van der Waals surface area contributed by atoms with Crippen molar-refractivity contribution in [1.29, 1.82) is 0 Å². The predicted molar refractivity (Wildman–Crippen MR) is 139 cm³/mol. The number of rotatable bonds is 6. The van der Waals surface area contributed by atoms with Crippen LogP contribution in [0.3, 0.4) is 0 Å². The van der Waals surface area contributed by atoms with Crippen LogP contribution in [-0.4, -0.2) is 55.5 Å². The molecule has 0 aliphatic carbocycles. The van der Waals surface area contributed by atoms with Gasteiger partial charge in [0, 0.05) is 47.9 Å². The van der Waals surface area contributed by atoms with Crippen LogP contribution < -0.4 is 15.4 Å². The second-order valence-electron chi connectivity index (χ2n) is 9.68. The average Bonchev–Trinajstić information content (AvgIpc) is 3.34. The van der Waals surface area contributed by atoms with Gasteiger partial charge in [-0.1, -0.05) is 37.8 Å². The number of hydrogen-bond acceptors (Lipinski definition) is 6. The highest BCUT2D eigenvalue weighted by Gasteiger charge is 2.20. The van der Waals surface area contributed by atoms with Crippen molar-refractivity contribution in [3.8, 4) is 17.6 Å². The molecule has 4 rings (SSSR count). The summed E-state index contributed by atoms with van der Waals surface area (Å²) in [5.41, 5.74) is 1.66. The van der Waals surface area contributed by atoms with E-state index >= 15 is 0 Å². The Morgan fingerprint density at radius 3 is 2.43 bits per heavy atom. The first-order valence-electron chi connectivity index (χ1n) is 12.2. The van der Waals surface area contributed by atoms with Gasteiger partial charge in [-0.3, -0.25) is 10.2 Å². The molecule has 0 radical (unpaired) electrons. The fourth-order valence-corrected chi connectivity index (χ4v) is 3.55. The normalized spacial score (nSPS) is 13.9. The number of aromatic nitrogens is 1. The third-order valence-electron chi connectivity index (χ3n) is 5.69. The number of nitrogens with one attached hydrogen (secondary N) is 2. The van der Waals surface area contributed by atoms with Crippen LogP contribution in [0.2, 0.25) is 0 Å². The molecule has 1 fully saturated rings. The third-order valence-corrected chi connectivity index (χ3v) is 5.69.